The van der Waals surface area contributed by atoms with Crippen molar-refractivity contribution in [1.82, 2.24) is 19.9 Å². The lowest BCUT2D eigenvalue weighted by Crippen LogP contribution is -1.92. The maximum Gasteiger partial charge on any atom is 0.233 e. The fourth-order valence-corrected chi connectivity index (χ4v) is 3.54. The molecule has 4 aromatic rings. The number of hydrogen-bond donors (Lipinski definition) is 1. The first-order valence-corrected chi connectivity index (χ1v) is 7.87. The summed E-state index contributed by atoms with van der Waals surface area (Å²) < 4.78 is 0.682. The van der Waals surface area contributed by atoms with Crippen LogP contribution in [-0.2, 0) is 0 Å². The third-order valence-electron chi connectivity index (χ3n) is 3.54. The molecule has 23 heavy (non-hydrogen) atoms. The van der Waals surface area contributed by atoms with E-state index in [0.717, 1.165) is 21.5 Å². The molecular weight excluding hydrogens is 308 g/mol. The van der Waals surface area contributed by atoms with Crippen LogP contribution in [0.5, 0.6) is 5.88 Å². The van der Waals surface area contributed by atoms with E-state index < -0.39 is 0 Å². The van der Waals surface area contributed by atoms with Gasteiger partial charge in [0.2, 0.25) is 5.88 Å². The molecule has 6 heteroatoms. The summed E-state index contributed by atoms with van der Waals surface area (Å²) in [6, 6.07) is 9.40. The van der Waals surface area contributed by atoms with Crippen molar-refractivity contribution in [3.05, 3.63) is 53.8 Å². The van der Waals surface area contributed by atoms with Crippen molar-refractivity contribution in [2.75, 3.05) is 0 Å². The van der Waals surface area contributed by atoms with Crippen molar-refractivity contribution in [2.45, 2.75) is 6.92 Å². The summed E-state index contributed by atoms with van der Waals surface area (Å²) in [7, 11) is 0. The van der Waals surface area contributed by atoms with Crippen LogP contribution in [0.25, 0.3) is 32.9 Å². The van der Waals surface area contributed by atoms with Crippen LogP contribution in [0.4, 0.5) is 0 Å². The summed E-state index contributed by atoms with van der Waals surface area (Å²) >= 11 is 1.48. The fraction of sp³-hybridized carbons (Fsp3) is 0.0588. The van der Waals surface area contributed by atoms with Crippen molar-refractivity contribution >= 4 is 21.6 Å². The Morgan fingerprint density at radius 1 is 1.04 bits per heavy atom. The first kappa shape index (κ1) is 13.8. The van der Waals surface area contributed by atoms with Crippen LogP contribution in [0.1, 0.15) is 4.88 Å². The van der Waals surface area contributed by atoms with Crippen LogP contribution in [0.3, 0.4) is 0 Å². The molecule has 0 aliphatic heterocycles. The predicted octanol–water partition coefficient (Wildman–Crippen LogP) is 3.83. The fourth-order valence-electron chi connectivity index (χ4n) is 2.53. The molecule has 0 unspecified atom stereocenters. The van der Waals surface area contributed by atoms with Crippen LogP contribution < -0.4 is 0 Å². The Morgan fingerprint density at radius 3 is 2.70 bits per heavy atom. The average Bonchev–Trinajstić information content (AvgIpc) is 2.93. The van der Waals surface area contributed by atoms with Crippen LogP contribution in [0.2, 0.25) is 0 Å². The van der Waals surface area contributed by atoms with Gasteiger partial charge in [-0.05, 0) is 25.1 Å². The Balaban J connectivity index is 2.02. The second kappa shape index (κ2) is 5.40. The molecule has 0 atom stereocenters. The highest BCUT2D eigenvalue weighted by Gasteiger charge is 2.18. The van der Waals surface area contributed by atoms with E-state index in [2.05, 4.69) is 19.9 Å². The number of aromatic hydroxyl groups is 1. The van der Waals surface area contributed by atoms with Gasteiger partial charge in [-0.3, -0.25) is 9.97 Å². The van der Waals surface area contributed by atoms with Gasteiger partial charge in [-0.25, -0.2) is 4.98 Å². The molecule has 4 heterocycles. The number of rotatable bonds is 2. The lowest BCUT2D eigenvalue weighted by atomic mass is 10.1. The second-order valence-electron chi connectivity index (χ2n) is 5.04. The molecule has 0 aliphatic rings. The SMILES string of the molecule is Cc1sc2c(O)nc(-c3ccccn3)nc2c1-c1cccnc1. The molecular formula is C17H12N4OS. The molecule has 0 saturated carbocycles. The summed E-state index contributed by atoms with van der Waals surface area (Å²) in [5, 5.41) is 10.3. The van der Waals surface area contributed by atoms with E-state index in [1.165, 1.54) is 11.3 Å². The minimum atomic E-state index is -0.0149. The van der Waals surface area contributed by atoms with Gasteiger partial charge < -0.3 is 5.11 Å². The Labute approximate surface area is 136 Å². The topological polar surface area (TPSA) is 71.8 Å². The van der Waals surface area contributed by atoms with Gasteiger partial charge >= 0.3 is 0 Å². The zero-order chi connectivity index (χ0) is 15.8. The standard InChI is InChI=1S/C17H12N4OS/c1-10-13(11-5-4-7-18-9-11)14-15(23-10)17(22)21-16(20-14)12-6-2-3-8-19-12/h2-9H,1H3,(H,20,21,22). The largest absolute Gasteiger partial charge is 0.492 e. The molecule has 5 nitrogen and oxygen atoms in total. The number of thiophene rings is 1. The molecule has 0 aliphatic carbocycles. The number of hydrogen-bond acceptors (Lipinski definition) is 6. The summed E-state index contributed by atoms with van der Waals surface area (Å²) in [6.07, 6.45) is 5.22. The highest BCUT2D eigenvalue weighted by Crippen LogP contribution is 2.40. The molecule has 0 spiro atoms. The number of fused-ring (bicyclic) bond motifs is 1. The molecule has 112 valence electrons. The maximum atomic E-state index is 10.3. The minimum absolute atomic E-state index is 0.0149. The van der Waals surface area contributed by atoms with Crippen molar-refractivity contribution in [3.8, 4) is 28.5 Å². The molecule has 4 rings (SSSR count). The summed E-state index contributed by atoms with van der Waals surface area (Å²) in [4.78, 5) is 18.4. The summed E-state index contributed by atoms with van der Waals surface area (Å²) in [6.45, 7) is 2.01. The van der Waals surface area contributed by atoms with Gasteiger partial charge in [0, 0.05) is 34.6 Å². The van der Waals surface area contributed by atoms with Crippen LogP contribution in [0.15, 0.2) is 48.9 Å². The van der Waals surface area contributed by atoms with E-state index in [9.17, 15) is 5.11 Å². The molecule has 1 N–H and O–H groups in total. The van der Waals surface area contributed by atoms with Gasteiger partial charge in [0.1, 0.15) is 10.4 Å². The molecule has 0 bridgehead atoms. The zero-order valence-electron chi connectivity index (χ0n) is 12.3. The number of nitrogens with zero attached hydrogens (tertiary/aromatic N) is 4. The third kappa shape index (κ3) is 2.33. The second-order valence-corrected chi connectivity index (χ2v) is 6.26. The number of aromatic nitrogens is 4. The van der Waals surface area contributed by atoms with E-state index in [-0.39, 0.29) is 5.88 Å². The van der Waals surface area contributed by atoms with Crippen molar-refractivity contribution in [3.63, 3.8) is 0 Å². The molecule has 0 aromatic carbocycles. The molecule has 0 radical (unpaired) electrons. The minimum Gasteiger partial charge on any atom is -0.492 e. The van der Waals surface area contributed by atoms with Gasteiger partial charge in [-0.1, -0.05) is 12.1 Å². The molecule has 0 saturated heterocycles. The summed E-state index contributed by atoms with van der Waals surface area (Å²) in [5.41, 5.74) is 3.31. The van der Waals surface area contributed by atoms with Gasteiger partial charge in [-0.2, -0.15) is 4.98 Å². The van der Waals surface area contributed by atoms with Crippen molar-refractivity contribution in [1.29, 1.82) is 0 Å². The van der Waals surface area contributed by atoms with Crippen LogP contribution in [0, 0.1) is 6.92 Å². The quantitative estimate of drug-likeness (QED) is 0.608. The first-order valence-electron chi connectivity index (χ1n) is 7.06. The van der Waals surface area contributed by atoms with E-state index in [0.29, 0.717) is 16.2 Å². The predicted molar refractivity (Wildman–Crippen MR) is 90.3 cm³/mol. The Morgan fingerprint density at radius 2 is 1.96 bits per heavy atom. The number of aryl methyl sites for hydroxylation is 1. The Kier molecular flexibility index (Phi) is 3.24. The van der Waals surface area contributed by atoms with Gasteiger partial charge in [0.25, 0.3) is 0 Å². The highest BCUT2D eigenvalue weighted by atomic mass is 32.1. The normalized spacial score (nSPS) is 11.0. The Bertz CT molecular complexity index is 984. The lowest BCUT2D eigenvalue weighted by molar-refractivity contribution is 0.461. The monoisotopic (exact) mass is 320 g/mol. The van der Waals surface area contributed by atoms with E-state index >= 15 is 0 Å². The van der Waals surface area contributed by atoms with Crippen molar-refractivity contribution < 1.29 is 5.11 Å². The van der Waals surface area contributed by atoms with Gasteiger partial charge in [-0.15, -0.1) is 11.3 Å². The first-order chi connectivity index (χ1) is 11.2. The zero-order valence-corrected chi connectivity index (χ0v) is 13.1. The third-order valence-corrected chi connectivity index (χ3v) is 4.63. The molecule has 0 fully saturated rings. The highest BCUT2D eigenvalue weighted by molar-refractivity contribution is 7.20. The molecule has 0 amide bonds. The Hall–Kier alpha value is -2.86. The molecule has 4 aromatic heterocycles. The van der Waals surface area contributed by atoms with E-state index in [4.69, 9.17) is 0 Å². The average molecular weight is 320 g/mol. The van der Waals surface area contributed by atoms with Gasteiger partial charge in [0.05, 0.1) is 5.52 Å². The van der Waals surface area contributed by atoms with E-state index in [1.54, 1.807) is 18.6 Å². The maximum absolute atomic E-state index is 10.3. The summed E-state index contributed by atoms with van der Waals surface area (Å²) in [5.74, 6) is 0.400. The lowest BCUT2D eigenvalue weighted by Gasteiger charge is -2.03. The van der Waals surface area contributed by atoms with Crippen molar-refractivity contribution in [2.24, 2.45) is 0 Å². The smallest absolute Gasteiger partial charge is 0.233 e. The van der Waals surface area contributed by atoms with E-state index in [1.807, 2.05) is 37.3 Å². The number of pyridine rings is 2. The van der Waals surface area contributed by atoms with Gasteiger partial charge in [0.15, 0.2) is 5.82 Å². The van der Waals surface area contributed by atoms with Crippen LogP contribution in [-0.4, -0.2) is 25.0 Å². The van der Waals surface area contributed by atoms with Crippen LogP contribution >= 0.6 is 11.3 Å².